The number of rotatable bonds is 2. The van der Waals surface area contributed by atoms with E-state index in [0.29, 0.717) is 19.1 Å². The van der Waals surface area contributed by atoms with E-state index in [0.717, 1.165) is 29.1 Å². The van der Waals surface area contributed by atoms with Gasteiger partial charge in [0, 0.05) is 30.2 Å². The van der Waals surface area contributed by atoms with Crippen LogP contribution in [-0.4, -0.2) is 50.5 Å². The van der Waals surface area contributed by atoms with Crippen molar-refractivity contribution in [3.8, 4) is 0 Å². The molecule has 4 nitrogen and oxygen atoms in total. The first-order valence-electron chi connectivity index (χ1n) is 7.41. The van der Waals surface area contributed by atoms with Crippen LogP contribution in [0.25, 0.3) is 0 Å². The van der Waals surface area contributed by atoms with Crippen LogP contribution in [-0.2, 0) is 9.84 Å². The molecule has 2 atom stereocenters. The average molecular weight is 329 g/mol. The van der Waals surface area contributed by atoms with Gasteiger partial charge >= 0.3 is 0 Å². The summed E-state index contributed by atoms with van der Waals surface area (Å²) < 4.78 is 23.2. The molecule has 1 aromatic rings. The van der Waals surface area contributed by atoms with Crippen molar-refractivity contribution in [1.82, 2.24) is 10.2 Å². The Balaban J connectivity index is 1.81. The molecule has 0 aromatic heterocycles. The van der Waals surface area contributed by atoms with Crippen LogP contribution in [0.2, 0.25) is 5.02 Å². The van der Waals surface area contributed by atoms with Gasteiger partial charge in [-0.3, -0.25) is 4.90 Å². The molecule has 0 spiro atoms. The van der Waals surface area contributed by atoms with Crippen molar-refractivity contribution in [1.29, 1.82) is 0 Å². The largest absolute Gasteiger partial charge is 0.309 e. The highest BCUT2D eigenvalue weighted by molar-refractivity contribution is 7.91. The maximum Gasteiger partial charge on any atom is 0.152 e. The normalized spacial score (nSPS) is 29.6. The Labute approximate surface area is 131 Å². The Hall–Kier alpha value is -0.620. The summed E-state index contributed by atoms with van der Waals surface area (Å²) in [7, 11) is -2.83. The third-order valence-corrected chi connectivity index (χ3v) is 6.72. The molecule has 0 bridgehead atoms. The predicted molar refractivity (Wildman–Crippen MR) is 85.6 cm³/mol. The number of nitrogens with one attached hydrogen (secondary N) is 1. The van der Waals surface area contributed by atoms with E-state index in [1.807, 2.05) is 19.1 Å². The number of aryl methyl sites for hydroxylation is 1. The predicted octanol–water partition coefficient (Wildman–Crippen LogP) is 1.78. The standard InChI is InChI=1S/C15H21ClN2O2S/c1-11-3-2-4-12(14(11)16)15-13(5-6-17-15)18-7-9-21(19,20)10-8-18/h2-4,13,15,17H,5-10H2,1H3/t13-,15-/m0/s1. The number of nitrogens with zero attached hydrogens (tertiary/aromatic N) is 1. The molecule has 1 aromatic carbocycles. The van der Waals surface area contributed by atoms with Gasteiger partial charge in [-0.15, -0.1) is 0 Å². The number of sulfone groups is 1. The van der Waals surface area contributed by atoms with E-state index in [1.165, 1.54) is 0 Å². The molecule has 0 amide bonds. The van der Waals surface area contributed by atoms with Crippen LogP contribution in [0.1, 0.15) is 23.6 Å². The van der Waals surface area contributed by atoms with Crippen LogP contribution in [0.15, 0.2) is 18.2 Å². The second-order valence-electron chi connectivity index (χ2n) is 5.95. The van der Waals surface area contributed by atoms with Gasteiger partial charge in [0.15, 0.2) is 9.84 Å². The molecule has 116 valence electrons. The summed E-state index contributed by atoms with van der Waals surface area (Å²) in [5.41, 5.74) is 2.22. The van der Waals surface area contributed by atoms with Gasteiger partial charge in [-0.2, -0.15) is 0 Å². The minimum atomic E-state index is -2.83. The molecule has 2 fully saturated rings. The highest BCUT2D eigenvalue weighted by Gasteiger charge is 2.36. The molecular weight excluding hydrogens is 308 g/mol. The SMILES string of the molecule is Cc1cccc([C@@H]2NCC[C@@H]2N2CCS(=O)(=O)CC2)c1Cl. The molecule has 0 radical (unpaired) electrons. The molecule has 3 rings (SSSR count). The summed E-state index contributed by atoms with van der Waals surface area (Å²) in [6.07, 6.45) is 1.04. The first kappa shape index (κ1) is 15.3. The highest BCUT2D eigenvalue weighted by Crippen LogP contribution is 2.34. The van der Waals surface area contributed by atoms with Gasteiger partial charge in [-0.1, -0.05) is 29.8 Å². The smallest absolute Gasteiger partial charge is 0.152 e. The van der Waals surface area contributed by atoms with Gasteiger partial charge in [-0.05, 0) is 31.0 Å². The third kappa shape index (κ3) is 3.11. The van der Waals surface area contributed by atoms with Crippen LogP contribution in [0.3, 0.4) is 0 Å². The van der Waals surface area contributed by atoms with Crippen LogP contribution in [0.5, 0.6) is 0 Å². The van der Waals surface area contributed by atoms with Crippen molar-refractivity contribution in [3.05, 3.63) is 34.3 Å². The van der Waals surface area contributed by atoms with Crippen molar-refractivity contribution in [2.45, 2.75) is 25.4 Å². The fourth-order valence-corrected chi connectivity index (χ4v) is 4.84. The summed E-state index contributed by atoms with van der Waals surface area (Å²) in [5, 5.41) is 4.36. The zero-order valence-corrected chi connectivity index (χ0v) is 13.8. The van der Waals surface area contributed by atoms with E-state index in [-0.39, 0.29) is 17.5 Å². The van der Waals surface area contributed by atoms with Crippen LogP contribution in [0, 0.1) is 6.92 Å². The van der Waals surface area contributed by atoms with Crippen molar-refractivity contribution >= 4 is 21.4 Å². The summed E-state index contributed by atoms with van der Waals surface area (Å²) in [5.74, 6) is 0.551. The quantitative estimate of drug-likeness (QED) is 0.899. The first-order chi connectivity index (χ1) is 9.98. The monoisotopic (exact) mass is 328 g/mol. The molecule has 2 saturated heterocycles. The van der Waals surface area contributed by atoms with Crippen molar-refractivity contribution < 1.29 is 8.42 Å². The van der Waals surface area contributed by atoms with E-state index >= 15 is 0 Å². The Morgan fingerprint density at radius 1 is 1.29 bits per heavy atom. The molecule has 2 aliphatic heterocycles. The van der Waals surface area contributed by atoms with E-state index in [9.17, 15) is 8.42 Å². The van der Waals surface area contributed by atoms with Crippen molar-refractivity contribution in [2.24, 2.45) is 0 Å². The molecule has 0 aliphatic carbocycles. The number of hydrogen-bond donors (Lipinski definition) is 1. The Kier molecular flexibility index (Phi) is 4.28. The van der Waals surface area contributed by atoms with Gasteiger partial charge < -0.3 is 5.32 Å². The second kappa shape index (κ2) is 5.88. The second-order valence-corrected chi connectivity index (χ2v) is 8.64. The van der Waals surface area contributed by atoms with Crippen molar-refractivity contribution in [3.63, 3.8) is 0 Å². The number of hydrogen-bond acceptors (Lipinski definition) is 4. The van der Waals surface area contributed by atoms with Gasteiger partial charge in [0.1, 0.15) is 0 Å². The van der Waals surface area contributed by atoms with Gasteiger partial charge in [0.05, 0.1) is 11.5 Å². The van der Waals surface area contributed by atoms with Crippen LogP contribution >= 0.6 is 11.6 Å². The molecule has 0 unspecified atom stereocenters. The lowest BCUT2D eigenvalue weighted by atomic mass is 9.97. The number of halogens is 1. The lowest BCUT2D eigenvalue weighted by Gasteiger charge is -2.35. The molecule has 1 N–H and O–H groups in total. The van der Waals surface area contributed by atoms with E-state index in [2.05, 4.69) is 16.3 Å². The minimum Gasteiger partial charge on any atom is -0.309 e. The molecular formula is C15H21ClN2O2S. The molecule has 6 heteroatoms. The fourth-order valence-electron chi connectivity index (χ4n) is 3.37. The highest BCUT2D eigenvalue weighted by atomic mass is 35.5. The Bertz CT molecular complexity index is 619. The molecule has 2 heterocycles. The van der Waals surface area contributed by atoms with Gasteiger partial charge in [-0.25, -0.2) is 8.42 Å². The molecule has 2 aliphatic rings. The Morgan fingerprint density at radius 2 is 2.00 bits per heavy atom. The first-order valence-corrected chi connectivity index (χ1v) is 9.61. The molecule has 0 saturated carbocycles. The fraction of sp³-hybridized carbons (Fsp3) is 0.600. The Morgan fingerprint density at radius 3 is 2.71 bits per heavy atom. The van der Waals surface area contributed by atoms with E-state index in [1.54, 1.807) is 0 Å². The van der Waals surface area contributed by atoms with Crippen LogP contribution < -0.4 is 5.32 Å². The minimum absolute atomic E-state index is 0.193. The van der Waals surface area contributed by atoms with E-state index in [4.69, 9.17) is 11.6 Å². The zero-order valence-electron chi connectivity index (χ0n) is 12.2. The third-order valence-electron chi connectivity index (χ3n) is 4.59. The summed E-state index contributed by atoms with van der Waals surface area (Å²) in [6, 6.07) is 6.65. The average Bonchev–Trinajstić information content (AvgIpc) is 2.91. The van der Waals surface area contributed by atoms with Gasteiger partial charge in [0.25, 0.3) is 0 Å². The number of benzene rings is 1. The summed E-state index contributed by atoms with van der Waals surface area (Å²) in [4.78, 5) is 2.31. The maximum atomic E-state index is 11.6. The summed E-state index contributed by atoms with van der Waals surface area (Å²) in [6.45, 7) is 4.23. The molecule has 21 heavy (non-hydrogen) atoms. The zero-order chi connectivity index (χ0) is 15.0. The maximum absolute atomic E-state index is 11.6. The van der Waals surface area contributed by atoms with Crippen molar-refractivity contribution in [2.75, 3.05) is 31.1 Å². The lowest BCUT2D eigenvalue weighted by Crippen LogP contribution is -2.47. The van der Waals surface area contributed by atoms with Gasteiger partial charge in [0.2, 0.25) is 0 Å². The summed E-state index contributed by atoms with van der Waals surface area (Å²) >= 11 is 6.47. The van der Waals surface area contributed by atoms with Crippen LogP contribution in [0.4, 0.5) is 0 Å². The topological polar surface area (TPSA) is 49.4 Å². The van der Waals surface area contributed by atoms with E-state index < -0.39 is 9.84 Å². The lowest BCUT2D eigenvalue weighted by molar-refractivity contribution is 0.196.